The Bertz CT molecular complexity index is 609. The molecule has 0 bridgehead atoms. The lowest BCUT2D eigenvalue weighted by Crippen LogP contribution is -1.94. The number of methoxy groups -OCH3 is 2. The Morgan fingerprint density at radius 3 is 2.05 bits per heavy atom. The molecule has 20 heavy (non-hydrogen) atoms. The first-order valence-electron chi connectivity index (χ1n) is 5.78. The van der Waals surface area contributed by atoms with E-state index in [1.807, 2.05) is 0 Å². The quantitative estimate of drug-likeness (QED) is 0.617. The molecule has 6 heteroatoms. The number of benzene rings is 2. The summed E-state index contributed by atoms with van der Waals surface area (Å²) < 4.78 is 15.5. The summed E-state index contributed by atoms with van der Waals surface area (Å²) in [5, 5.41) is 10.9. The van der Waals surface area contributed by atoms with Crippen LogP contribution in [0.2, 0.25) is 0 Å². The van der Waals surface area contributed by atoms with Gasteiger partial charge in [-0.15, -0.1) is 0 Å². The van der Waals surface area contributed by atoms with Gasteiger partial charge in [-0.1, -0.05) is 0 Å². The Kier molecular flexibility index (Phi) is 4.05. The first-order valence-corrected chi connectivity index (χ1v) is 5.78. The third kappa shape index (κ3) is 2.97. The van der Waals surface area contributed by atoms with Crippen LogP contribution in [0.15, 0.2) is 42.5 Å². The van der Waals surface area contributed by atoms with Crippen molar-refractivity contribution in [1.82, 2.24) is 0 Å². The number of nitro benzene ring substituents is 1. The van der Waals surface area contributed by atoms with E-state index in [1.54, 1.807) is 37.4 Å². The van der Waals surface area contributed by atoms with Gasteiger partial charge in [0.05, 0.1) is 25.2 Å². The maximum atomic E-state index is 10.9. The fraction of sp³-hybridized carbons (Fsp3) is 0.143. The molecule has 2 aromatic rings. The predicted octanol–water partition coefficient (Wildman–Crippen LogP) is 3.40. The number of hydrogen-bond donors (Lipinski definition) is 0. The molecule has 0 saturated carbocycles. The highest BCUT2D eigenvalue weighted by Crippen LogP contribution is 2.33. The van der Waals surface area contributed by atoms with Crippen molar-refractivity contribution >= 4 is 5.69 Å². The van der Waals surface area contributed by atoms with Crippen molar-refractivity contribution in [3.8, 4) is 23.0 Å². The van der Waals surface area contributed by atoms with Crippen molar-refractivity contribution in [2.24, 2.45) is 0 Å². The first kappa shape index (κ1) is 13.7. The highest BCUT2D eigenvalue weighted by atomic mass is 16.6. The molecule has 0 saturated heterocycles. The summed E-state index contributed by atoms with van der Waals surface area (Å²) in [6.07, 6.45) is 0. The number of ether oxygens (including phenoxy) is 3. The van der Waals surface area contributed by atoms with Gasteiger partial charge < -0.3 is 14.2 Å². The summed E-state index contributed by atoms with van der Waals surface area (Å²) in [4.78, 5) is 10.4. The average molecular weight is 275 g/mol. The molecule has 0 aliphatic rings. The van der Waals surface area contributed by atoms with Gasteiger partial charge in [-0.05, 0) is 36.4 Å². The standard InChI is InChI=1S/C14H13NO5/c1-18-10-3-5-11(6-4-10)20-12-7-8-14(19-2)13(9-12)15(16)17/h3-9H,1-2H3. The van der Waals surface area contributed by atoms with Gasteiger partial charge in [0.1, 0.15) is 17.2 Å². The van der Waals surface area contributed by atoms with Crippen molar-refractivity contribution in [3.63, 3.8) is 0 Å². The molecule has 0 unspecified atom stereocenters. The summed E-state index contributed by atoms with van der Waals surface area (Å²) in [6.45, 7) is 0. The average Bonchev–Trinajstić information content (AvgIpc) is 2.48. The van der Waals surface area contributed by atoms with E-state index in [0.717, 1.165) is 0 Å². The second kappa shape index (κ2) is 5.92. The minimum absolute atomic E-state index is 0.140. The van der Waals surface area contributed by atoms with Gasteiger partial charge in [0, 0.05) is 0 Å². The van der Waals surface area contributed by atoms with Crippen LogP contribution in [0.5, 0.6) is 23.0 Å². The maximum Gasteiger partial charge on any atom is 0.314 e. The van der Waals surface area contributed by atoms with Gasteiger partial charge in [-0.2, -0.15) is 0 Å². The Morgan fingerprint density at radius 1 is 0.900 bits per heavy atom. The van der Waals surface area contributed by atoms with Crippen molar-refractivity contribution in [1.29, 1.82) is 0 Å². The summed E-state index contributed by atoms with van der Waals surface area (Å²) in [5.41, 5.74) is -0.140. The molecule has 0 N–H and O–H groups in total. The Morgan fingerprint density at radius 2 is 1.50 bits per heavy atom. The summed E-state index contributed by atoms with van der Waals surface area (Å²) in [5.74, 6) is 1.82. The molecule has 0 fully saturated rings. The zero-order valence-electron chi connectivity index (χ0n) is 11.0. The van der Waals surface area contributed by atoms with Crippen LogP contribution in [0.1, 0.15) is 0 Å². The van der Waals surface area contributed by atoms with Gasteiger partial charge >= 0.3 is 5.69 Å². The summed E-state index contributed by atoms with van der Waals surface area (Å²) in [7, 11) is 2.95. The van der Waals surface area contributed by atoms with E-state index >= 15 is 0 Å². The van der Waals surface area contributed by atoms with E-state index in [0.29, 0.717) is 17.2 Å². The predicted molar refractivity (Wildman–Crippen MR) is 72.7 cm³/mol. The molecular formula is C14H13NO5. The van der Waals surface area contributed by atoms with Crippen LogP contribution in [-0.4, -0.2) is 19.1 Å². The molecule has 0 heterocycles. The van der Waals surface area contributed by atoms with Crippen LogP contribution in [0.25, 0.3) is 0 Å². The number of hydrogen-bond acceptors (Lipinski definition) is 5. The Balaban J connectivity index is 2.24. The third-order valence-corrected chi connectivity index (χ3v) is 2.64. The Hall–Kier alpha value is -2.76. The lowest BCUT2D eigenvalue weighted by molar-refractivity contribution is -0.385. The second-order valence-electron chi connectivity index (χ2n) is 3.87. The van der Waals surface area contributed by atoms with Gasteiger partial charge in [0.15, 0.2) is 5.75 Å². The minimum Gasteiger partial charge on any atom is -0.497 e. The van der Waals surface area contributed by atoms with Crippen molar-refractivity contribution in [3.05, 3.63) is 52.6 Å². The SMILES string of the molecule is COc1ccc(Oc2ccc(OC)c([N+](=O)[O-])c2)cc1. The summed E-state index contributed by atoms with van der Waals surface area (Å²) in [6, 6.07) is 11.3. The highest BCUT2D eigenvalue weighted by Gasteiger charge is 2.16. The van der Waals surface area contributed by atoms with Crippen LogP contribution < -0.4 is 14.2 Å². The highest BCUT2D eigenvalue weighted by molar-refractivity contribution is 5.51. The van der Waals surface area contributed by atoms with E-state index in [4.69, 9.17) is 14.2 Å². The van der Waals surface area contributed by atoms with Crippen LogP contribution in [0.3, 0.4) is 0 Å². The normalized spacial score (nSPS) is 9.90. The molecule has 104 valence electrons. The molecule has 6 nitrogen and oxygen atoms in total. The van der Waals surface area contributed by atoms with Crippen molar-refractivity contribution in [2.45, 2.75) is 0 Å². The van der Waals surface area contributed by atoms with Crippen molar-refractivity contribution < 1.29 is 19.1 Å². The van der Waals surface area contributed by atoms with Crippen LogP contribution in [0, 0.1) is 10.1 Å². The fourth-order valence-corrected chi connectivity index (χ4v) is 1.66. The second-order valence-corrected chi connectivity index (χ2v) is 3.87. The Labute approximate surface area is 115 Å². The lowest BCUT2D eigenvalue weighted by atomic mass is 10.2. The van der Waals surface area contributed by atoms with E-state index in [1.165, 1.54) is 19.2 Å². The lowest BCUT2D eigenvalue weighted by Gasteiger charge is -2.08. The van der Waals surface area contributed by atoms with Crippen LogP contribution in [-0.2, 0) is 0 Å². The number of nitro groups is 1. The van der Waals surface area contributed by atoms with Crippen LogP contribution >= 0.6 is 0 Å². The topological polar surface area (TPSA) is 70.8 Å². The molecule has 0 aliphatic heterocycles. The molecule has 2 aromatic carbocycles. The van der Waals surface area contributed by atoms with E-state index in [-0.39, 0.29) is 11.4 Å². The van der Waals surface area contributed by atoms with Crippen molar-refractivity contribution in [2.75, 3.05) is 14.2 Å². The molecule has 0 aliphatic carbocycles. The van der Waals surface area contributed by atoms with E-state index in [2.05, 4.69) is 0 Å². The molecule has 2 rings (SSSR count). The van der Waals surface area contributed by atoms with Crippen LogP contribution in [0.4, 0.5) is 5.69 Å². The van der Waals surface area contributed by atoms with E-state index in [9.17, 15) is 10.1 Å². The maximum absolute atomic E-state index is 10.9. The summed E-state index contributed by atoms with van der Waals surface area (Å²) >= 11 is 0. The molecular weight excluding hydrogens is 262 g/mol. The number of rotatable bonds is 5. The van der Waals surface area contributed by atoms with Gasteiger partial charge in [-0.3, -0.25) is 10.1 Å². The van der Waals surface area contributed by atoms with Gasteiger partial charge in [-0.25, -0.2) is 0 Å². The zero-order chi connectivity index (χ0) is 14.5. The number of nitrogens with zero attached hydrogens (tertiary/aromatic N) is 1. The van der Waals surface area contributed by atoms with Gasteiger partial charge in [0.2, 0.25) is 0 Å². The minimum atomic E-state index is -0.514. The van der Waals surface area contributed by atoms with Gasteiger partial charge in [0.25, 0.3) is 0 Å². The first-order chi connectivity index (χ1) is 9.63. The molecule has 0 radical (unpaired) electrons. The smallest absolute Gasteiger partial charge is 0.314 e. The van der Waals surface area contributed by atoms with E-state index < -0.39 is 4.92 Å². The molecule has 0 amide bonds. The monoisotopic (exact) mass is 275 g/mol. The zero-order valence-corrected chi connectivity index (χ0v) is 11.0. The third-order valence-electron chi connectivity index (χ3n) is 2.64. The fourth-order valence-electron chi connectivity index (χ4n) is 1.66. The molecule has 0 aromatic heterocycles. The largest absolute Gasteiger partial charge is 0.497 e. The molecule has 0 atom stereocenters. The molecule has 0 spiro atoms.